The molecule has 0 spiro atoms. The van der Waals surface area contributed by atoms with Crippen molar-refractivity contribution in [1.29, 1.82) is 0 Å². The lowest BCUT2D eigenvalue weighted by molar-refractivity contribution is 0.307. The van der Waals surface area contributed by atoms with Crippen LogP contribution in [0.2, 0.25) is 0 Å². The van der Waals surface area contributed by atoms with Gasteiger partial charge in [0.05, 0.1) is 0 Å². The molecule has 0 radical (unpaired) electrons. The van der Waals surface area contributed by atoms with Gasteiger partial charge in [0.2, 0.25) is 0 Å². The molecule has 3 aromatic carbocycles. The second kappa shape index (κ2) is 8.53. The highest BCUT2D eigenvalue weighted by atomic mass is 35.5. The van der Waals surface area contributed by atoms with E-state index in [1.54, 1.807) is 0 Å². The van der Waals surface area contributed by atoms with Crippen molar-refractivity contribution < 1.29 is 4.74 Å². The van der Waals surface area contributed by atoms with Crippen molar-refractivity contribution in [3.8, 4) is 16.9 Å². The lowest BCUT2D eigenvalue weighted by Gasteiger charge is -2.15. The van der Waals surface area contributed by atoms with E-state index in [-0.39, 0.29) is 12.4 Å². The van der Waals surface area contributed by atoms with Crippen LogP contribution in [0, 0.1) is 6.92 Å². The maximum Gasteiger partial charge on any atom is 0.127 e. The van der Waals surface area contributed by atoms with E-state index in [0.29, 0.717) is 13.2 Å². The molecule has 124 valence electrons. The smallest absolute Gasteiger partial charge is 0.127 e. The van der Waals surface area contributed by atoms with Crippen molar-refractivity contribution in [1.82, 2.24) is 0 Å². The van der Waals surface area contributed by atoms with E-state index >= 15 is 0 Å². The topological polar surface area (TPSA) is 35.2 Å². The molecule has 0 unspecified atom stereocenters. The highest BCUT2D eigenvalue weighted by molar-refractivity contribution is 5.85. The third-order valence-corrected chi connectivity index (χ3v) is 4.08. The highest BCUT2D eigenvalue weighted by Crippen LogP contribution is 2.33. The monoisotopic (exact) mass is 339 g/mol. The van der Waals surface area contributed by atoms with Crippen LogP contribution >= 0.6 is 12.4 Å². The second-order valence-corrected chi connectivity index (χ2v) is 5.56. The van der Waals surface area contributed by atoms with Gasteiger partial charge < -0.3 is 10.5 Å². The Hall–Kier alpha value is -2.29. The van der Waals surface area contributed by atoms with Crippen LogP contribution in [0.25, 0.3) is 11.1 Å². The summed E-state index contributed by atoms with van der Waals surface area (Å²) in [5, 5.41) is 0. The van der Waals surface area contributed by atoms with Gasteiger partial charge in [0.15, 0.2) is 0 Å². The van der Waals surface area contributed by atoms with Gasteiger partial charge in [0.25, 0.3) is 0 Å². The van der Waals surface area contributed by atoms with E-state index in [1.807, 2.05) is 36.4 Å². The summed E-state index contributed by atoms with van der Waals surface area (Å²) in [6.07, 6.45) is 0. The van der Waals surface area contributed by atoms with Crippen LogP contribution in [0.1, 0.15) is 16.7 Å². The number of benzene rings is 3. The molecule has 3 aromatic rings. The Balaban J connectivity index is 0.00000208. The zero-order valence-electron chi connectivity index (χ0n) is 13.7. The van der Waals surface area contributed by atoms with Crippen LogP contribution < -0.4 is 10.5 Å². The minimum absolute atomic E-state index is 0. The fraction of sp³-hybridized carbons (Fsp3) is 0.143. The zero-order valence-corrected chi connectivity index (χ0v) is 14.6. The molecule has 0 aromatic heterocycles. The van der Waals surface area contributed by atoms with Gasteiger partial charge in [0, 0.05) is 12.1 Å². The number of hydrogen-bond acceptors (Lipinski definition) is 2. The van der Waals surface area contributed by atoms with Crippen molar-refractivity contribution in [3.05, 3.63) is 89.5 Å². The Morgan fingerprint density at radius 2 is 1.46 bits per heavy atom. The summed E-state index contributed by atoms with van der Waals surface area (Å²) in [4.78, 5) is 0. The molecule has 0 fully saturated rings. The van der Waals surface area contributed by atoms with Gasteiger partial charge in [-0.25, -0.2) is 0 Å². The third-order valence-electron chi connectivity index (χ3n) is 4.08. The summed E-state index contributed by atoms with van der Waals surface area (Å²) in [5.74, 6) is 0.897. The standard InChI is InChI=1S/C21H21NO.ClH/c1-16-18(14-22)10-7-12-19(16)20-11-5-6-13-21(20)23-15-17-8-3-2-4-9-17;/h2-13H,14-15,22H2,1H3;1H. The zero-order chi connectivity index (χ0) is 16.1. The number of nitrogens with two attached hydrogens (primary N) is 1. The van der Waals surface area contributed by atoms with Gasteiger partial charge in [0.1, 0.15) is 12.4 Å². The minimum Gasteiger partial charge on any atom is -0.488 e. The van der Waals surface area contributed by atoms with Gasteiger partial charge in [-0.3, -0.25) is 0 Å². The molecule has 3 rings (SSSR count). The lowest BCUT2D eigenvalue weighted by Crippen LogP contribution is -2.01. The first kappa shape index (κ1) is 18.1. The van der Waals surface area contributed by atoms with E-state index in [9.17, 15) is 0 Å². The average Bonchev–Trinajstić information content (AvgIpc) is 2.61. The molecule has 0 aliphatic rings. The van der Waals surface area contributed by atoms with Crippen LogP contribution in [0.15, 0.2) is 72.8 Å². The quantitative estimate of drug-likeness (QED) is 0.700. The van der Waals surface area contributed by atoms with Crippen molar-refractivity contribution in [2.24, 2.45) is 5.73 Å². The summed E-state index contributed by atoms with van der Waals surface area (Å²) in [6, 6.07) is 24.6. The summed E-state index contributed by atoms with van der Waals surface area (Å²) in [6.45, 7) is 3.23. The maximum atomic E-state index is 6.07. The molecular weight excluding hydrogens is 318 g/mol. The molecule has 3 heteroatoms. The Bertz CT molecular complexity index is 787. The van der Waals surface area contributed by atoms with E-state index < -0.39 is 0 Å². The van der Waals surface area contributed by atoms with Crippen LogP contribution in [0.5, 0.6) is 5.75 Å². The molecule has 0 saturated carbocycles. The molecular formula is C21H22ClNO. The Morgan fingerprint density at radius 3 is 2.21 bits per heavy atom. The fourth-order valence-electron chi connectivity index (χ4n) is 2.75. The molecule has 0 amide bonds. The number of para-hydroxylation sites is 1. The maximum absolute atomic E-state index is 6.07. The van der Waals surface area contributed by atoms with Crippen molar-refractivity contribution in [2.45, 2.75) is 20.1 Å². The first-order valence-electron chi connectivity index (χ1n) is 7.84. The second-order valence-electron chi connectivity index (χ2n) is 5.56. The van der Waals surface area contributed by atoms with Crippen LogP contribution in [0.4, 0.5) is 0 Å². The predicted molar refractivity (Wildman–Crippen MR) is 103 cm³/mol. The van der Waals surface area contributed by atoms with E-state index in [1.165, 1.54) is 16.7 Å². The number of hydrogen-bond donors (Lipinski definition) is 1. The Kier molecular flexibility index (Phi) is 6.42. The number of rotatable bonds is 5. The normalized spacial score (nSPS) is 10.1. The molecule has 0 atom stereocenters. The number of ether oxygens (including phenoxy) is 1. The summed E-state index contributed by atoms with van der Waals surface area (Å²) in [7, 11) is 0. The summed E-state index contributed by atoms with van der Waals surface area (Å²) in [5.41, 5.74) is 11.7. The summed E-state index contributed by atoms with van der Waals surface area (Å²) < 4.78 is 6.07. The van der Waals surface area contributed by atoms with Crippen LogP contribution in [-0.4, -0.2) is 0 Å². The van der Waals surface area contributed by atoms with E-state index in [4.69, 9.17) is 10.5 Å². The average molecular weight is 340 g/mol. The molecule has 0 saturated heterocycles. The molecule has 0 bridgehead atoms. The van der Waals surface area contributed by atoms with Gasteiger partial charge >= 0.3 is 0 Å². The predicted octanol–water partition coefficient (Wildman–Crippen LogP) is 5.12. The summed E-state index contributed by atoms with van der Waals surface area (Å²) >= 11 is 0. The molecule has 2 nitrogen and oxygen atoms in total. The molecule has 24 heavy (non-hydrogen) atoms. The van der Waals surface area contributed by atoms with E-state index in [2.05, 4.69) is 43.3 Å². The Labute approximate surface area is 149 Å². The van der Waals surface area contributed by atoms with Crippen molar-refractivity contribution in [2.75, 3.05) is 0 Å². The van der Waals surface area contributed by atoms with Crippen LogP contribution in [-0.2, 0) is 13.2 Å². The molecule has 0 aliphatic heterocycles. The van der Waals surface area contributed by atoms with Gasteiger partial charge in [-0.15, -0.1) is 12.4 Å². The lowest BCUT2D eigenvalue weighted by atomic mass is 9.96. The molecule has 0 aliphatic carbocycles. The minimum atomic E-state index is 0. The SMILES string of the molecule is Cc1c(CN)cccc1-c1ccccc1OCc1ccccc1.Cl. The van der Waals surface area contributed by atoms with Gasteiger partial charge in [-0.2, -0.15) is 0 Å². The van der Waals surface area contributed by atoms with Crippen LogP contribution in [0.3, 0.4) is 0 Å². The largest absolute Gasteiger partial charge is 0.488 e. The number of halogens is 1. The van der Waals surface area contributed by atoms with Gasteiger partial charge in [-0.1, -0.05) is 66.7 Å². The highest BCUT2D eigenvalue weighted by Gasteiger charge is 2.10. The first-order chi connectivity index (χ1) is 11.3. The van der Waals surface area contributed by atoms with Gasteiger partial charge in [-0.05, 0) is 35.2 Å². The Morgan fingerprint density at radius 1 is 0.792 bits per heavy atom. The fourth-order valence-corrected chi connectivity index (χ4v) is 2.75. The third kappa shape index (κ3) is 3.97. The van der Waals surface area contributed by atoms with Crippen molar-refractivity contribution in [3.63, 3.8) is 0 Å². The van der Waals surface area contributed by atoms with E-state index in [0.717, 1.165) is 16.9 Å². The molecule has 0 heterocycles. The van der Waals surface area contributed by atoms with Crippen molar-refractivity contribution >= 4 is 12.4 Å². The first-order valence-corrected chi connectivity index (χ1v) is 7.84. The molecule has 2 N–H and O–H groups in total.